The van der Waals surface area contributed by atoms with Crippen LogP contribution in [0.5, 0.6) is 5.75 Å². The van der Waals surface area contributed by atoms with Gasteiger partial charge < -0.3 is 19.9 Å². The minimum Gasteiger partial charge on any atom is -0.494 e. The summed E-state index contributed by atoms with van der Waals surface area (Å²) in [5.74, 6) is 2.87. The van der Waals surface area contributed by atoms with Crippen LogP contribution in [0, 0.1) is 6.92 Å². The average Bonchev–Trinajstić information content (AvgIpc) is 2.97. The van der Waals surface area contributed by atoms with Gasteiger partial charge in [0.1, 0.15) is 5.75 Å². The first-order valence-electron chi connectivity index (χ1n) is 7.67. The van der Waals surface area contributed by atoms with Crippen LogP contribution in [0.4, 0.5) is 0 Å². The molecule has 0 aliphatic rings. The third kappa shape index (κ3) is 5.28. The second-order valence-electron chi connectivity index (χ2n) is 4.88. The Hall–Kier alpha value is -2.57. The molecule has 0 unspecified atom stereocenters. The number of rotatable bonds is 7. The van der Waals surface area contributed by atoms with E-state index in [1.165, 1.54) is 0 Å². The summed E-state index contributed by atoms with van der Waals surface area (Å²) < 4.78 is 10.7. The zero-order chi connectivity index (χ0) is 16.5. The van der Waals surface area contributed by atoms with Gasteiger partial charge in [-0.2, -0.15) is 4.98 Å². The van der Waals surface area contributed by atoms with Crippen molar-refractivity contribution in [1.82, 2.24) is 20.8 Å². The molecule has 0 spiro atoms. The molecule has 7 heteroatoms. The van der Waals surface area contributed by atoms with E-state index < -0.39 is 0 Å². The molecular formula is C16H23N5O2. The number of aryl methyl sites for hydroxylation is 1. The van der Waals surface area contributed by atoms with Crippen molar-refractivity contribution >= 4 is 5.96 Å². The second-order valence-corrected chi connectivity index (χ2v) is 4.88. The molecule has 0 radical (unpaired) electrons. The highest BCUT2D eigenvalue weighted by Crippen LogP contribution is 2.17. The van der Waals surface area contributed by atoms with Crippen LogP contribution in [0.2, 0.25) is 0 Å². The van der Waals surface area contributed by atoms with E-state index in [0.717, 1.165) is 11.3 Å². The Morgan fingerprint density at radius 1 is 1.30 bits per heavy atom. The second kappa shape index (κ2) is 8.77. The number of ether oxygens (including phenoxy) is 1. The summed E-state index contributed by atoms with van der Waals surface area (Å²) in [6.07, 6.45) is 0.650. The molecule has 0 saturated heterocycles. The lowest BCUT2D eigenvalue weighted by Crippen LogP contribution is -2.38. The van der Waals surface area contributed by atoms with Crippen LogP contribution >= 0.6 is 0 Å². The van der Waals surface area contributed by atoms with Gasteiger partial charge in [0.05, 0.1) is 6.61 Å². The summed E-state index contributed by atoms with van der Waals surface area (Å²) in [7, 11) is 1.74. The van der Waals surface area contributed by atoms with Crippen molar-refractivity contribution < 1.29 is 9.26 Å². The number of hydrogen-bond acceptors (Lipinski definition) is 5. The fourth-order valence-corrected chi connectivity index (χ4v) is 2.08. The number of aromatic nitrogens is 2. The molecule has 7 nitrogen and oxygen atoms in total. The van der Waals surface area contributed by atoms with E-state index in [0.29, 0.717) is 43.8 Å². The third-order valence-electron chi connectivity index (χ3n) is 3.14. The molecule has 2 N–H and O–H groups in total. The molecule has 0 amide bonds. The van der Waals surface area contributed by atoms with Crippen LogP contribution in [0.25, 0.3) is 0 Å². The van der Waals surface area contributed by atoms with Crippen molar-refractivity contribution in [3.05, 3.63) is 41.5 Å². The van der Waals surface area contributed by atoms with Crippen molar-refractivity contribution in [2.24, 2.45) is 4.99 Å². The van der Waals surface area contributed by atoms with Crippen molar-refractivity contribution in [3.8, 4) is 5.75 Å². The summed E-state index contributed by atoms with van der Waals surface area (Å²) in [6.45, 7) is 5.72. The average molecular weight is 317 g/mol. The lowest BCUT2D eigenvalue weighted by molar-refractivity contribution is 0.336. The molecule has 1 aromatic carbocycles. The van der Waals surface area contributed by atoms with Gasteiger partial charge in [0, 0.05) is 32.1 Å². The minimum absolute atomic E-state index is 0.618. The highest BCUT2D eigenvalue weighted by Gasteiger charge is 2.05. The van der Waals surface area contributed by atoms with E-state index >= 15 is 0 Å². The van der Waals surface area contributed by atoms with Crippen LogP contribution < -0.4 is 15.4 Å². The molecule has 1 heterocycles. The van der Waals surface area contributed by atoms with Gasteiger partial charge in [0.25, 0.3) is 0 Å². The number of nitrogens with zero attached hydrogens (tertiary/aromatic N) is 3. The van der Waals surface area contributed by atoms with E-state index in [2.05, 4.69) is 25.8 Å². The van der Waals surface area contributed by atoms with Gasteiger partial charge in [-0.15, -0.1) is 0 Å². The molecule has 0 bridgehead atoms. The molecule has 0 aliphatic carbocycles. The Morgan fingerprint density at radius 3 is 2.83 bits per heavy atom. The maximum atomic E-state index is 5.62. The largest absolute Gasteiger partial charge is 0.494 e. The zero-order valence-corrected chi connectivity index (χ0v) is 13.8. The lowest BCUT2D eigenvalue weighted by atomic mass is 10.2. The Kier molecular flexibility index (Phi) is 6.40. The Morgan fingerprint density at radius 2 is 2.13 bits per heavy atom. The molecule has 124 valence electrons. The topological polar surface area (TPSA) is 84.6 Å². The van der Waals surface area contributed by atoms with Gasteiger partial charge in [-0.25, -0.2) is 0 Å². The third-order valence-corrected chi connectivity index (χ3v) is 3.14. The summed E-state index contributed by atoms with van der Waals surface area (Å²) in [5.41, 5.74) is 1.09. The maximum Gasteiger partial charge on any atom is 0.228 e. The number of para-hydroxylation sites is 1. The van der Waals surface area contributed by atoms with E-state index in [9.17, 15) is 0 Å². The quantitative estimate of drug-likeness (QED) is 0.597. The monoisotopic (exact) mass is 317 g/mol. The molecule has 23 heavy (non-hydrogen) atoms. The highest BCUT2D eigenvalue weighted by molar-refractivity contribution is 5.79. The Balaban J connectivity index is 1.81. The first kappa shape index (κ1) is 16.8. The molecular weight excluding hydrogens is 294 g/mol. The smallest absolute Gasteiger partial charge is 0.228 e. The summed E-state index contributed by atoms with van der Waals surface area (Å²) >= 11 is 0. The van der Waals surface area contributed by atoms with Crippen LogP contribution in [-0.2, 0) is 13.0 Å². The standard InChI is InChI=1S/C16H23N5O2/c1-4-22-14-8-6-5-7-13(14)11-19-16(17-3)18-10-9-15-20-12(2)21-23-15/h5-8H,4,9-11H2,1-3H3,(H2,17,18,19). The Labute approximate surface area is 136 Å². The summed E-state index contributed by atoms with van der Waals surface area (Å²) in [6, 6.07) is 7.96. The number of aliphatic imine (C=N–C) groups is 1. The highest BCUT2D eigenvalue weighted by atomic mass is 16.5. The molecule has 1 aromatic heterocycles. The van der Waals surface area contributed by atoms with Crippen LogP contribution in [-0.4, -0.2) is 36.3 Å². The fourth-order valence-electron chi connectivity index (χ4n) is 2.08. The van der Waals surface area contributed by atoms with E-state index in [4.69, 9.17) is 9.26 Å². The maximum absolute atomic E-state index is 5.62. The molecule has 2 rings (SSSR count). The first-order valence-corrected chi connectivity index (χ1v) is 7.67. The van der Waals surface area contributed by atoms with Gasteiger partial charge in [-0.05, 0) is 19.9 Å². The van der Waals surface area contributed by atoms with Crippen molar-refractivity contribution in [2.45, 2.75) is 26.8 Å². The van der Waals surface area contributed by atoms with Gasteiger partial charge in [-0.1, -0.05) is 23.4 Å². The fraction of sp³-hybridized carbons (Fsp3) is 0.438. The van der Waals surface area contributed by atoms with E-state index in [1.807, 2.05) is 31.2 Å². The van der Waals surface area contributed by atoms with Crippen LogP contribution in [0.3, 0.4) is 0 Å². The van der Waals surface area contributed by atoms with Crippen molar-refractivity contribution in [2.75, 3.05) is 20.2 Å². The number of hydrogen-bond donors (Lipinski definition) is 2. The SMILES string of the molecule is CCOc1ccccc1CNC(=NC)NCCc1nc(C)no1. The van der Waals surface area contributed by atoms with Crippen molar-refractivity contribution in [3.63, 3.8) is 0 Å². The first-order chi connectivity index (χ1) is 11.2. The van der Waals surface area contributed by atoms with E-state index in [1.54, 1.807) is 14.0 Å². The van der Waals surface area contributed by atoms with Gasteiger partial charge in [-0.3, -0.25) is 4.99 Å². The molecule has 0 saturated carbocycles. The van der Waals surface area contributed by atoms with Gasteiger partial charge >= 0.3 is 0 Å². The van der Waals surface area contributed by atoms with Crippen LogP contribution in [0.1, 0.15) is 24.2 Å². The molecule has 0 aliphatic heterocycles. The number of nitrogens with one attached hydrogen (secondary N) is 2. The van der Waals surface area contributed by atoms with Crippen molar-refractivity contribution in [1.29, 1.82) is 0 Å². The number of benzene rings is 1. The predicted molar refractivity (Wildman–Crippen MR) is 88.6 cm³/mol. The Bertz CT molecular complexity index is 639. The summed E-state index contributed by atoms with van der Waals surface area (Å²) in [4.78, 5) is 8.37. The lowest BCUT2D eigenvalue weighted by Gasteiger charge is -2.13. The van der Waals surface area contributed by atoms with Crippen LogP contribution in [0.15, 0.2) is 33.8 Å². The normalized spacial score (nSPS) is 11.3. The summed E-state index contributed by atoms with van der Waals surface area (Å²) in [5, 5.41) is 10.3. The van der Waals surface area contributed by atoms with E-state index in [-0.39, 0.29) is 0 Å². The number of guanidine groups is 1. The zero-order valence-electron chi connectivity index (χ0n) is 13.8. The minimum atomic E-state index is 0.618. The van der Waals surface area contributed by atoms with Gasteiger partial charge in [0.15, 0.2) is 11.8 Å². The predicted octanol–water partition coefficient (Wildman–Crippen LogP) is 1.68. The molecule has 2 aromatic rings. The molecule has 0 atom stereocenters. The molecule has 0 fully saturated rings. The van der Waals surface area contributed by atoms with Gasteiger partial charge in [0.2, 0.25) is 5.89 Å².